The summed E-state index contributed by atoms with van der Waals surface area (Å²) in [5, 5.41) is 12.2. The lowest BCUT2D eigenvalue weighted by Crippen LogP contribution is -2.13. The first-order valence-corrected chi connectivity index (χ1v) is 7.66. The van der Waals surface area contributed by atoms with Gasteiger partial charge in [-0.05, 0) is 29.5 Å². The molecule has 1 aromatic heterocycles. The molecule has 0 aliphatic heterocycles. The summed E-state index contributed by atoms with van der Waals surface area (Å²) in [6.07, 6.45) is 0. The van der Waals surface area contributed by atoms with E-state index in [0.29, 0.717) is 17.1 Å². The molecule has 0 spiro atoms. The van der Waals surface area contributed by atoms with Crippen LogP contribution in [0.3, 0.4) is 0 Å². The molecule has 0 amide bonds. The minimum atomic E-state index is -0.0768. The maximum absolute atomic E-state index is 12.2. The van der Waals surface area contributed by atoms with E-state index >= 15 is 0 Å². The Bertz CT molecular complexity index is 830. The number of benzene rings is 2. The highest BCUT2D eigenvalue weighted by Gasteiger charge is 2.11. The number of aromatic nitrogens is 4. The minimum Gasteiger partial charge on any atom is -0.497 e. The van der Waals surface area contributed by atoms with E-state index < -0.39 is 0 Å². The summed E-state index contributed by atoms with van der Waals surface area (Å²) in [7, 11) is 1.60. The number of tetrazole rings is 1. The molecule has 3 aromatic rings. The van der Waals surface area contributed by atoms with Crippen molar-refractivity contribution in [3.05, 3.63) is 58.6 Å². The maximum atomic E-state index is 12.2. The van der Waals surface area contributed by atoms with Gasteiger partial charge in [0.25, 0.3) is 0 Å². The van der Waals surface area contributed by atoms with Gasteiger partial charge in [-0.2, -0.15) is 4.80 Å². The Balaban J connectivity index is 1.76. The van der Waals surface area contributed by atoms with E-state index in [4.69, 9.17) is 4.74 Å². The highest BCUT2D eigenvalue weighted by atomic mass is 79.9. The Hall–Kier alpha value is -2.54. The number of nitrogens with zero attached hydrogens (tertiary/aromatic N) is 4. The molecule has 0 aliphatic rings. The third-order valence-corrected chi connectivity index (χ3v) is 3.76. The third-order valence-electron chi connectivity index (χ3n) is 3.23. The molecule has 0 radical (unpaired) electrons. The summed E-state index contributed by atoms with van der Waals surface area (Å²) in [6, 6.07) is 14.5. The van der Waals surface area contributed by atoms with Crippen LogP contribution in [0.4, 0.5) is 0 Å². The summed E-state index contributed by atoms with van der Waals surface area (Å²) in [6.45, 7) is 0.0403. The molecule has 0 saturated carbocycles. The van der Waals surface area contributed by atoms with E-state index in [2.05, 4.69) is 31.3 Å². The lowest BCUT2D eigenvalue weighted by atomic mass is 10.1. The highest BCUT2D eigenvalue weighted by Crippen LogP contribution is 2.20. The lowest BCUT2D eigenvalue weighted by Gasteiger charge is -2.01. The average molecular weight is 373 g/mol. The van der Waals surface area contributed by atoms with Crippen LogP contribution < -0.4 is 4.74 Å². The van der Waals surface area contributed by atoms with E-state index in [0.717, 1.165) is 10.0 Å². The van der Waals surface area contributed by atoms with Gasteiger partial charge in [0.15, 0.2) is 5.78 Å². The van der Waals surface area contributed by atoms with Gasteiger partial charge in [0, 0.05) is 15.6 Å². The van der Waals surface area contributed by atoms with Crippen LogP contribution in [0.5, 0.6) is 5.75 Å². The number of ketones is 1. The van der Waals surface area contributed by atoms with Crippen molar-refractivity contribution in [1.29, 1.82) is 0 Å². The van der Waals surface area contributed by atoms with Crippen LogP contribution in [0.1, 0.15) is 10.4 Å². The second-order valence-electron chi connectivity index (χ2n) is 4.81. The first kappa shape index (κ1) is 15.4. The fourth-order valence-electron chi connectivity index (χ4n) is 2.04. The van der Waals surface area contributed by atoms with E-state index in [-0.39, 0.29) is 12.3 Å². The molecule has 0 N–H and O–H groups in total. The van der Waals surface area contributed by atoms with Gasteiger partial charge in [-0.1, -0.05) is 40.2 Å². The zero-order valence-corrected chi connectivity index (χ0v) is 13.9. The molecular weight excluding hydrogens is 360 g/mol. The van der Waals surface area contributed by atoms with E-state index in [9.17, 15) is 4.79 Å². The van der Waals surface area contributed by atoms with Crippen LogP contribution >= 0.6 is 15.9 Å². The Morgan fingerprint density at radius 2 is 2.00 bits per heavy atom. The molecule has 23 heavy (non-hydrogen) atoms. The third kappa shape index (κ3) is 3.62. The Morgan fingerprint density at radius 1 is 1.22 bits per heavy atom. The molecule has 0 atom stereocenters. The Labute approximate surface area is 141 Å². The minimum absolute atomic E-state index is 0.0403. The van der Waals surface area contributed by atoms with Gasteiger partial charge in [0.1, 0.15) is 12.3 Å². The van der Waals surface area contributed by atoms with Crippen LogP contribution in [0, 0.1) is 0 Å². The molecule has 0 unspecified atom stereocenters. The van der Waals surface area contributed by atoms with Gasteiger partial charge in [0.2, 0.25) is 5.82 Å². The zero-order chi connectivity index (χ0) is 16.2. The van der Waals surface area contributed by atoms with Crippen LogP contribution in [0.25, 0.3) is 11.4 Å². The predicted octanol–water partition coefficient (Wildman–Crippen LogP) is 2.99. The van der Waals surface area contributed by atoms with Crippen LogP contribution in [0.2, 0.25) is 0 Å². The smallest absolute Gasteiger partial charge is 0.205 e. The number of hydrogen-bond acceptors (Lipinski definition) is 5. The molecule has 116 valence electrons. The van der Waals surface area contributed by atoms with Gasteiger partial charge in [-0.3, -0.25) is 4.79 Å². The van der Waals surface area contributed by atoms with Crippen molar-refractivity contribution < 1.29 is 9.53 Å². The Kier molecular flexibility index (Phi) is 4.47. The normalized spacial score (nSPS) is 10.5. The molecule has 0 fully saturated rings. The summed E-state index contributed by atoms with van der Waals surface area (Å²) in [5.41, 5.74) is 1.39. The number of carbonyl (C=O) groups excluding carboxylic acids is 1. The van der Waals surface area contributed by atoms with Crippen molar-refractivity contribution in [1.82, 2.24) is 20.2 Å². The maximum Gasteiger partial charge on any atom is 0.205 e. The van der Waals surface area contributed by atoms with Crippen LogP contribution in [0.15, 0.2) is 53.0 Å². The molecule has 0 aliphatic carbocycles. The molecule has 7 heteroatoms. The number of Topliss-reactive ketones (excluding diaryl/α,β-unsaturated/α-hetero) is 1. The number of rotatable bonds is 5. The predicted molar refractivity (Wildman–Crippen MR) is 88.3 cm³/mol. The molecule has 3 rings (SSSR count). The highest BCUT2D eigenvalue weighted by molar-refractivity contribution is 9.10. The van der Waals surface area contributed by atoms with Crippen LogP contribution in [-0.4, -0.2) is 33.1 Å². The van der Waals surface area contributed by atoms with Gasteiger partial charge >= 0.3 is 0 Å². The zero-order valence-electron chi connectivity index (χ0n) is 12.3. The number of methoxy groups -OCH3 is 1. The summed E-state index contributed by atoms with van der Waals surface area (Å²) in [4.78, 5) is 13.5. The van der Waals surface area contributed by atoms with Crippen molar-refractivity contribution in [3.8, 4) is 17.1 Å². The first-order chi connectivity index (χ1) is 11.2. The fraction of sp³-hybridized carbons (Fsp3) is 0.125. The fourth-order valence-corrected chi connectivity index (χ4v) is 2.31. The second kappa shape index (κ2) is 6.70. The largest absolute Gasteiger partial charge is 0.497 e. The van der Waals surface area contributed by atoms with E-state index in [1.54, 1.807) is 19.2 Å². The molecular formula is C16H13BrN4O2. The SMILES string of the molecule is COc1cccc(-c2nnn(CC(=O)c3ccc(Br)cc3)n2)c1. The summed E-state index contributed by atoms with van der Waals surface area (Å²) < 4.78 is 6.10. The summed E-state index contributed by atoms with van der Waals surface area (Å²) >= 11 is 3.34. The van der Waals surface area contributed by atoms with Crippen molar-refractivity contribution in [2.24, 2.45) is 0 Å². The van der Waals surface area contributed by atoms with Gasteiger partial charge < -0.3 is 4.74 Å². The monoisotopic (exact) mass is 372 g/mol. The van der Waals surface area contributed by atoms with E-state index in [1.165, 1.54) is 4.80 Å². The lowest BCUT2D eigenvalue weighted by molar-refractivity contribution is 0.0961. The first-order valence-electron chi connectivity index (χ1n) is 6.87. The number of halogens is 1. The number of carbonyl (C=O) groups is 1. The standard InChI is InChI=1S/C16H13BrN4O2/c1-23-14-4-2-3-12(9-14)16-18-20-21(19-16)10-15(22)11-5-7-13(17)8-6-11/h2-9H,10H2,1H3. The molecule has 6 nitrogen and oxygen atoms in total. The molecule has 2 aromatic carbocycles. The van der Waals surface area contributed by atoms with Crippen molar-refractivity contribution in [2.75, 3.05) is 7.11 Å². The number of hydrogen-bond donors (Lipinski definition) is 0. The van der Waals surface area contributed by atoms with Crippen molar-refractivity contribution in [3.63, 3.8) is 0 Å². The molecule has 0 bridgehead atoms. The Morgan fingerprint density at radius 3 is 2.74 bits per heavy atom. The van der Waals surface area contributed by atoms with Gasteiger partial charge in [-0.25, -0.2) is 0 Å². The van der Waals surface area contributed by atoms with E-state index in [1.807, 2.05) is 36.4 Å². The molecule has 0 saturated heterocycles. The van der Waals surface area contributed by atoms with Crippen molar-refractivity contribution in [2.45, 2.75) is 6.54 Å². The molecule has 1 heterocycles. The van der Waals surface area contributed by atoms with Gasteiger partial charge in [-0.15, -0.1) is 10.2 Å². The second-order valence-corrected chi connectivity index (χ2v) is 5.72. The quantitative estimate of drug-likeness (QED) is 0.643. The van der Waals surface area contributed by atoms with Crippen LogP contribution in [-0.2, 0) is 6.54 Å². The topological polar surface area (TPSA) is 69.9 Å². The average Bonchev–Trinajstić information content (AvgIpc) is 3.04. The summed E-state index contributed by atoms with van der Waals surface area (Å²) in [5.74, 6) is 1.09. The number of ether oxygens (including phenoxy) is 1. The van der Waals surface area contributed by atoms with Gasteiger partial charge in [0.05, 0.1) is 7.11 Å². The van der Waals surface area contributed by atoms with Crippen molar-refractivity contribution >= 4 is 21.7 Å².